The Hall–Kier alpha value is -2.61. The molecule has 2 aliphatic heterocycles. The molecule has 2 saturated heterocycles. The maximum absolute atomic E-state index is 13.5. The van der Waals surface area contributed by atoms with Crippen LogP contribution in [0.15, 0.2) is 30.3 Å². The summed E-state index contributed by atoms with van der Waals surface area (Å²) in [6, 6.07) is 9.88. The number of para-hydroxylation sites is 1. The lowest BCUT2D eigenvalue weighted by molar-refractivity contribution is -0.141. The third kappa shape index (κ3) is 4.43. The zero-order valence-electron chi connectivity index (χ0n) is 18.1. The van der Waals surface area contributed by atoms with Crippen LogP contribution in [0.5, 0.6) is 0 Å². The second kappa shape index (κ2) is 9.47. The van der Waals surface area contributed by atoms with Crippen molar-refractivity contribution in [1.29, 1.82) is 0 Å². The van der Waals surface area contributed by atoms with Crippen molar-refractivity contribution in [3.05, 3.63) is 30.3 Å². The molecule has 0 aliphatic carbocycles. The number of hydrogen-bond acceptors (Lipinski definition) is 5. The van der Waals surface area contributed by atoms with Crippen LogP contribution >= 0.6 is 0 Å². The third-order valence-corrected chi connectivity index (χ3v) is 6.15. The highest BCUT2D eigenvalue weighted by atomic mass is 16.5. The molecule has 1 atom stereocenters. The van der Waals surface area contributed by atoms with Crippen molar-refractivity contribution in [2.24, 2.45) is 0 Å². The fraction of sp³-hybridized carbons (Fsp3) is 0.591. The minimum atomic E-state index is -0.734. The van der Waals surface area contributed by atoms with Gasteiger partial charge in [-0.2, -0.15) is 0 Å². The molecule has 8 heteroatoms. The molecule has 1 aromatic carbocycles. The number of nitrogens with one attached hydrogen (secondary N) is 1. The minimum absolute atomic E-state index is 0.0375. The molecule has 0 unspecified atom stereocenters. The zero-order valence-corrected chi connectivity index (χ0v) is 18.1. The van der Waals surface area contributed by atoms with E-state index < -0.39 is 5.54 Å². The van der Waals surface area contributed by atoms with Crippen LogP contribution in [0.3, 0.4) is 0 Å². The lowest BCUT2D eigenvalue weighted by Crippen LogP contribution is -2.57. The van der Waals surface area contributed by atoms with Gasteiger partial charge in [0.25, 0.3) is 5.91 Å². The molecule has 3 amide bonds. The Kier molecular flexibility index (Phi) is 6.97. The Morgan fingerprint density at radius 2 is 1.87 bits per heavy atom. The summed E-state index contributed by atoms with van der Waals surface area (Å²) in [5, 5.41) is 2.94. The van der Waals surface area contributed by atoms with Crippen LogP contribution in [0, 0.1) is 0 Å². The summed E-state index contributed by atoms with van der Waals surface area (Å²) >= 11 is 0. The number of carbonyl (C=O) groups is 3. The number of carbonyl (C=O) groups excluding carboxylic acids is 3. The normalized spacial score (nSPS) is 19.3. The molecule has 1 N–H and O–H groups in total. The molecule has 0 bridgehead atoms. The fourth-order valence-corrected chi connectivity index (χ4v) is 4.26. The summed E-state index contributed by atoms with van der Waals surface area (Å²) < 4.78 is 4.97. The van der Waals surface area contributed by atoms with E-state index in [1.54, 1.807) is 9.80 Å². The maximum Gasteiger partial charge on any atom is 0.250 e. The van der Waals surface area contributed by atoms with E-state index in [9.17, 15) is 14.4 Å². The predicted octanol–water partition coefficient (Wildman–Crippen LogP) is 1.22. The number of amides is 3. The summed E-state index contributed by atoms with van der Waals surface area (Å²) in [5.74, 6) is -0.242. The smallest absolute Gasteiger partial charge is 0.250 e. The van der Waals surface area contributed by atoms with Crippen molar-refractivity contribution < 1.29 is 19.1 Å². The summed E-state index contributed by atoms with van der Waals surface area (Å²) in [5.41, 5.74) is 0.217. The highest BCUT2D eigenvalue weighted by Crippen LogP contribution is 2.39. The first-order valence-electron chi connectivity index (χ1n) is 10.6. The molecule has 1 spiro atoms. The van der Waals surface area contributed by atoms with Gasteiger partial charge in [-0.25, -0.2) is 0 Å². The number of hydrogen-bond donors (Lipinski definition) is 1. The van der Waals surface area contributed by atoms with Gasteiger partial charge in [0.1, 0.15) is 18.7 Å². The third-order valence-electron chi connectivity index (χ3n) is 6.15. The van der Waals surface area contributed by atoms with Crippen LogP contribution in [-0.4, -0.2) is 79.1 Å². The first-order chi connectivity index (χ1) is 14.4. The molecule has 2 heterocycles. The molecule has 1 aromatic rings. The molecular weight excluding hydrogens is 384 g/mol. The van der Waals surface area contributed by atoms with Crippen molar-refractivity contribution in [3.63, 3.8) is 0 Å². The Morgan fingerprint density at radius 3 is 2.47 bits per heavy atom. The first kappa shape index (κ1) is 22.1. The van der Waals surface area contributed by atoms with E-state index in [1.165, 1.54) is 7.11 Å². The van der Waals surface area contributed by atoms with Gasteiger partial charge in [0, 0.05) is 31.9 Å². The van der Waals surface area contributed by atoms with Gasteiger partial charge in [-0.05, 0) is 38.3 Å². The van der Waals surface area contributed by atoms with E-state index in [0.29, 0.717) is 32.6 Å². The van der Waals surface area contributed by atoms with E-state index in [2.05, 4.69) is 10.2 Å². The Balaban J connectivity index is 1.79. The quantitative estimate of drug-likeness (QED) is 0.723. The number of likely N-dealkylation sites (tertiary alicyclic amines) is 1. The molecular formula is C22H32N4O4. The number of nitrogens with zero attached hydrogens (tertiary/aromatic N) is 3. The zero-order chi connectivity index (χ0) is 21.7. The van der Waals surface area contributed by atoms with Crippen LogP contribution < -0.4 is 10.2 Å². The molecule has 164 valence electrons. The van der Waals surface area contributed by atoms with Gasteiger partial charge in [-0.3, -0.25) is 14.4 Å². The molecule has 0 radical (unpaired) electrons. The SMILES string of the molecule is CC[C@H](C)NC(=O)CN1CN(c2ccccc2)C2(CCN(C(=O)COC)CC2)C1=O. The largest absolute Gasteiger partial charge is 0.375 e. The highest BCUT2D eigenvalue weighted by Gasteiger charge is 2.54. The molecule has 3 rings (SSSR count). The summed E-state index contributed by atoms with van der Waals surface area (Å²) in [6.07, 6.45) is 1.89. The average Bonchev–Trinajstić information content (AvgIpc) is 3.01. The lowest BCUT2D eigenvalue weighted by Gasteiger charge is -2.43. The van der Waals surface area contributed by atoms with Gasteiger partial charge in [-0.15, -0.1) is 0 Å². The molecule has 0 saturated carbocycles. The van der Waals surface area contributed by atoms with E-state index in [1.807, 2.05) is 44.2 Å². The number of rotatable bonds is 7. The molecule has 2 aliphatic rings. The maximum atomic E-state index is 13.5. The fourth-order valence-electron chi connectivity index (χ4n) is 4.26. The molecule has 0 aromatic heterocycles. The highest BCUT2D eigenvalue weighted by molar-refractivity contribution is 5.96. The topological polar surface area (TPSA) is 82.2 Å². The second-order valence-corrected chi connectivity index (χ2v) is 8.13. The van der Waals surface area contributed by atoms with Crippen molar-refractivity contribution in [1.82, 2.24) is 15.1 Å². The van der Waals surface area contributed by atoms with Crippen molar-refractivity contribution in [3.8, 4) is 0 Å². The number of piperidine rings is 1. The molecule has 8 nitrogen and oxygen atoms in total. The monoisotopic (exact) mass is 416 g/mol. The Morgan fingerprint density at radius 1 is 1.20 bits per heavy atom. The Labute approximate surface area is 178 Å². The number of benzene rings is 1. The number of anilines is 1. The van der Waals surface area contributed by atoms with Gasteiger partial charge in [0.2, 0.25) is 11.8 Å². The molecule has 2 fully saturated rings. The number of methoxy groups -OCH3 is 1. The summed E-state index contributed by atoms with van der Waals surface area (Å²) in [4.78, 5) is 43.7. The van der Waals surface area contributed by atoms with E-state index in [4.69, 9.17) is 4.74 Å². The lowest BCUT2D eigenvalue weighted by atomic mass is 9.85. The predicted molar refractivity (Wildman–Crippen MR) is 114 cm³/mol. The van der Waals surface area contributed by atoms with Crippen LogP contribution in [0.4, 0.5) is 5.69 Å². The van der Waals surface area contributed by atoms with Gasteiger partial charge in [0.15, 0.2) is 0 Å². The van der Waals surface area contributed by atoms with E-state index >= 15 is 0 Å². The summed E-state index contributed by atoms with van der Waals surface area (Å²) in [7, 11) is 1.50. The van der Waals surface area contributed by atoms with Gasteiger partial charge in [0.05, 0.1) is 6.67 Å². The number of ether oxygens (including phenoxy) is 1. The minimum Gasteiger partial charge on any atom is -0.375 e. The van der Waals surface area contributed by atoms with Crippen LogP contribution in [-0.2, 0) is 19.1 Å². The van der Waals surface area contributed by atoms with Crippen molar-refractivity contribution in [2.75, 3.05) is 44.9 Å². The van der Waals surface area contributed by atoms with E-state index in [0.717, 1.165) is 12.1 Å². The van der Waals surface area contributed by atoms with E-state index in [-0.39, 0.29) is 36.9 Å². The first-order valence-corrected chi connectivity index (χ1v) is 10.6. The standard InChI is InChI=1S/C22H32N4O4/c1-4-17(2)23-19(27)14-25-16-26(18-8-6-5-7-9-18)22(21(25)29)10-12-24(13-11-22)20(28)15-30-3/h5-9,17H,4,10-16H2,1-3H3,(H,23,27)/t17-/m0/s1. The summed E-state index contributed by atoms with van der Waals surface area (Å²) in [6.45, 7) is 5.40. The second-order valence-electron chi connectivity index (χ2n) is 8.13. The average molecular weight is 417 g/mol. The van der Waals surface area contributed by atoms with Gasteiger partial charge >= 0.3 is 0 Å². The van der Waals surface area contributed by atoms with Crippen molar-refractivity contribution in [2.45, 2.75) is 44.7 Å². The van der Waals surface area contributed by atoms with Crippen LogP contribution in [0.25, 0.3) is 0 Å². The van der Waals surface area contributed by atoms with Crippen molar-refractivity contribution >= 4 is 23.4 Å². The Bertz CT molecular complexity index is 762. The van der Waals surface area contributed by atoms with Crippen LogP contribution in [0.1, 0.15) is 33.1 Å². The molecule has 30 heavy (non-hydrogen) atoms. The van der Waals surface area contributed by atoms with Gasteiger partial charge < -0.3 is 24.8 Å². The van der Waals surface area contributed by atoms with Gasteiger partial charge in [-0.1, -0.05) is 25.1 Å². The van der Waals surface area contributed by atoms with Crippen LogP contribution in [0.2, 0.25) is 0 Å².